The first-order valence-electron chi connectivity index (χ1n) is 5.57. The molecule has 0 aliphatic heterocycles. The lowest BCUT2D eigenvalue weighted by Crippen LogP contribution is -2.27. The van der Waals surface area contributed by atoms with Gasteiger partial charge in [-0.05, 0) is 24.3 Å². The normalized spacial score (nSPS) is 10.4. The lowest BCUT2D eigenvalue weighted by atomic mass is 10.2. The van der Waals surface area contributed by atoms with Crippen molar-refractivity contribution >= 4 is 29.3 Å². The zero-order chi connectivity index (χ0) is 13.4. The fourth-order valence-electron chi connectivity index (χ4n) is 1.31. The van der Waals surface area contributed by atoms with E-state index in [1.165, 1.54) is 18.2 Å². The molecule has 3 nitrogen and oxygen atoms in total. The zero-order valence-electron chi connectivity index (χ0n) is 9.79. The molecule has 0 aliphatic rings. The van der Waals surface area contributed by atoms with Gasteiger partial charge in [0.1, 0.15) is 5.82 Å². The molecule has 0 radical (unpaired) electrons. The highest BCUT2D eigenvalue weighted by atomic mass is 35.5. The summed E-state index contributed by atoms with van der Waals surface area (Å²) in [6, 6.07) is 4.14. The van der Waals surface area contributed by atoms with Crippen LogP contribution in [0.25, 0.3) is 0 Å². The quantitative estimate of drug-likeness (QED) is 0.758. The number of hydrogen-bond acceptors (Lipinski definition) is 3. The molecule has 0 heterocycles. The number of aliphatic hydroxyl groups is 1. The van der Waals surface area contributed by atoms with Crippen LogP contribution in [0, 0.1) is 5.82 Å². The van der Waals surface area contributed by atoms with E-state index in [0.29, 0.717) is 6.54 Å². The van der Waals surface area contributed by atoms with Crippen LogP contribution in [0.2, 0.25) is 5.02 Å². The van der Waals surface area contributed by atoms with Crippen molar-refractivity contribution in [2.75, 3.05) is 24.7 Å². The van der Waals surface area contributed by atoms with Crippen molar-refractivity contribution in [2.45, 2.75) is 6.42 Å². The Morgan fingerprint density at radius 2 is 2.22 bits per heavy atom. The Morgan fingerprint density at radius 3 is 2.89 bits per heavy atom. The SMILES string of the molecule is O=C(NCCSCCCO)c1c(F)cccc1Cl. The minimum Gasteiger partial charge on any atom is -0.396 e. The third-order valence-corrected chi connectivity index (χ3v) is 3.55. The summed E-state index contributed by atoms with van der Waals surface area (Å²) in [5, 5.41) is 11.3. The summed E-state index contributed by atoms with van der Waals surface area (Å²) in [6.07, 6.45) is 0.734. The molecule has 0 spiro atoms. The van der Waals surface area contributed by atoms with E-state index in [1.54, 1.807) is 11.8 Å². The molecular formula is C12H15ClFNO2S. The molecule has 0 atom stereocenters. The molecule has 0 aliphatic carbocycles. The number of halogens is 2. The molecule has 100 valence electrons. The molecular weight excluding hydrogens is 277 g/mol. The maximum absolute atomic E-state index is 13.4. The van der Waals surface area contributed by atoms with Crippen molar-refractivity contribution in [3.63, 3.8) is 0 Å². The summed E-state index contributed by atoms with van der Waals surface area (Å²) >= 11 is 7.39. The van der Waals surface area contributed by atoms with Gasteiger partial charge < -0.3 is 10.4 Å². The third-order valence-electron chi connectivity index (χ3n) is 2.17. The number of hydrogen-bond donors (Lipinski definition) is 2. The van der Waals surface area contributed by atoms with Crippen molar-refractivity contribution < 1.29 is 14.3 Å². The first-order valence-corrected chi connectivity index (χ1v) is 7.11. The molecule has 18 heavy (non-hydrogen) atoms. The van der Waals surface area contributed by atoms with Crippen LogP contribution in [-0.4, -0.2) is 35.7 Å². The van der Waals surface area contributed by atoms with Crippen LogP contribution in [-0.2, 0) is 0 Å². The fourth-order valence-corrected chi connectivity index (χ4v) is 2.34. The number of thioether (sulfide) groups is 1. The molecule has 1 aromatic carbocycles. The van der Waals surface area contributed by atoms with Crippen LogP contribution < -0.4 is 5.32 Å². The predicted octanol–water partition coefficient (Wildman–Crippen LogP) is 2.32. The summed E-state index contributed by atoms with van der Waals surface area (Å²) in [5.41, 5.74) is -0.112. The third kappa shape index (κ3) is 4.84. The van der Waals surface area contributed by atoms with Crippen LogP contribution in [0.15, 0.2) is 18.2 Å². The smallest absolute Gasteiger partial charge is 0.255 e. The maximum atomic E-state index is 13.4. The summed E-state index contributed by atoms with van der Waals surface area (Å²) in [4.78, 5) is 11.7. The average Bonchev–Trinajstić information content (AvgIpc) is 2.33. The molecule has 6 heteroatoms. The van der Waals surface area contributed by atoms with Gasteiger partial charge in [-0.3, -0.25) is 4.79 Å². The number of carbonyl (C=O) groups excluding carboxylic acids is 1. The van der Waals surface area contributed by atoms with E-state index in [-0.39, 0.29) is 17.2 Å². The Labute approximate surface area is 115 Å². The van der Waals surface area contributed by atoms with E-state index >= 15 is 0 Å². The molecule has 1 rings (SSSR count). The summed E-state index contributed by atoms with van der Waals surface area (Å²) < 4.78 is 13.4. The fraction of sp³-hybridized carbons (Fsp3) is 0.417. The summed E-state index contributed by atoms with van der Waals surface area (Å²) in [5.74, 6) is 0.443. The van der Waals surface area contributed by atoms with Crippen molar-refractivity contribution in [1.29, 1.82) is 0 Å². The molecule has 0 fully saturated rings. The lowest BCUT2D eigenvalue weighted by molar-refractivity contribution is 0.0952. The second-order valence-corrected chi connectivity index (χ2v) is 5.17. The average molecular weight is 292 g/mol. The van der Waals surface area contributed by atoms with Crippen LogP contribution in [0.5, 0.6) is 0 Å². The van der Waals surface area contributed by atoms with Gasteiger partial charge in [0.15, 0.2) is 0 Å². The Balaban J connectivity index is 2.37. The Morgan fingerprint density at radius 1 is 1.44 bits per heavy atom. The Kier molecular flexibility index (Phi) is 7.08. The van der Waals surface area contributed by atoms with Gasteiger partial charge >= 0.3 is 0 Å². The maximum Gasteiger partial charge on any atom is 0.255 e. The van der Waals surface area contributed by atoms with Gasteiger partial charge in [-0.25, -0.2) is 4.39 Å². The second-order valence-electron chi connectivity index (χ2n) is 3.54. The minimum atomic E-state index is -0.618. The lowest BCUT2D eigenvalue weighted by Gasteiger charge is -2.07. The first-order chi connectivity index (χ1) is 8.66. The van der Waals surface area contributed by atoms with Crippen LogP contribution in [0.3, 0.4) is 0 Å². The molecule has 0 saturated carbocycles. The topological polar surface area (TPSA) is 49.3 Å². The largest absolute Gasteiger partial charge is 0.396 e. The molecule has 0 saturated heterocycles. The van der Waals surface area contributed by atoms with Crippen LogP contribution in [0.4, 0.5) is 4.39 Å². The molecule has 2 N–H and O–H groups in total. The Hall–Kier alpha value is -0.780. The van der Waals surface area contributed by atoms with Crippen molar-refractivity contribution in [3.8, 4) is 0 Å². The van der Waals surface area contributed by atoms with Gasteiger partial charge in [-0.1, -0.05) is 17.7 Å². The van der Waals surface area contributed by atoms with Gasteiger partial charge in [-0.2, -0.15) is 11.8 Å². The van der Waals surface area contributed by atoms with Crippen LogP contribution in [0.1, 0.15) is 16.8 Å². The van der Waals surface area contributed by atoms with Gasteiger partial charge in [-0.15, -0.1) is 0 Å². The van der Waals surface area contributed by atoms with Crippen molar-refractivity contribution in [3.05, 3.63) is 34.6 Å². The number of aliphatic hydroxyl groups excluding tert-OH is 1. The zero-order valence-corrected chi connectivity index (χ0v) is 11.4. The van der Waals surface area contributed by atoms with E-state index in [1.807, 2.05) is 0 Å². The Bertz CT molecular complexity index is 383. The molecule has 0 unspecified atom stereocenters. The monoisotopic (exact) mass is 291 g/mol. The molecule has 1 aromatic rings. The van der Waals surface area contributed by atoms with Crippen molar-refractivity contribution in [2.24, 2.45) is 0 Å². The van der Waals surface area contributed by atoms with Gasteiger partial charge in [0.2, 0.25) is 0 Å². The summed E-state index contributed by atoms with van der Waals surface area (Å²) in [7, 11) is 0. The number of amides is 1. The molecule has 1 amide bonds. The van der Waals surface area contributed by atoms with Gasteiger partial charge in [0.05, 0.1) is 10.6 Å². The highest BCUT2D eigenvalue weighted by Crippen LogP contribution is 2.18. The number of carbonyl (C=O) groups is 1. The van der Waals surface area contributed by atoms with Gasteiger partial charge in [0, 0.05) is 18.9 Å². The van der Waals surface area contributed by atoms with Gasteiger partial charge in [0.25, 0.3) is 5.91 Å². The first kappa shape index (κ1) is 15.3. The summed E-state index contributed by atoms with van der Waals surface area (Å²) in [6.45, 7) is 0.615. The number of nitrogens with one attached hydrogen (secondary N) is 1. The number of rotatable bonds is 7. The van der Waals surface area contributed by atoms with E-state index in [9.17, 15) is 9.18 Å². The highest BCUT2D eigenvalue weighted by Gasteiger charge is 2.14. The number of benzene rings is 1. The highest BCUT2D eigenvalue weighted by molar-refractivity contribution is 7.99. The molecule has 0 aromatic heterocycles. The second kappa shape index (κ2) is 8.34. The predicted molar refractivity (Wildman–Crippen MR) is 72.8 cm³/mol. The van der Waals surface area contributed by atoms with E-state index < -0.39 is 11.7 Å². The standard InChI is InChI=1S/C12H15ClFNO2S/c13-9-3-1-4-10(14)11(9)12(17)15-5-8-18-7-2-6-16/h1,3-4,16H,2,5-8H2,(H,15,17). The van der Waals surface area contributed by atoms with E-state index in [4.69, 9.17) is 16.7 Å². The molecule has 0 bridgehead atoms. The van der Waals surface area contributed by atoms with E-state index in [0.717, 1.165) is 17.9 Å². The van der Waals surface area contributed by atoms with Crippen LogP contribution >= 0.6 is 23.4 Å². The minimum absolute atomic E-state index is 0.112. The van der Waals surface area contributed by atoms with Crippen molar-refractivity contribution in [1.82, 2.24) is 5.32 Å². The van der Waals surface area contributed by atoms with E-state index in [2.05, 4.69) is 5.32 Å².